The van der Waals surface area contributed by atoms with E-state index in [0.29, 0.717) is 6.04 Å². The molecule has 0 radical (unpaired) electrons. The smallest absolute Gasteiger partial charge is 0.0931 e. The van der Waals surface area contributed by atoms with Crippen molar-refractivity contribution in [1.29, 1.82) is 0 Å². The zero-order valence-corrected chi connectivity index (χ0v) is 13.3. The van der Waals surface area contributed by atoms with E-state index in [0.717, 1.165) is 23.3 Å². The molecule has 1 atom stereocenters. The van der Waals surface area contributed by atoms with Gasteiger partial charge in [0.2, 0.25) is 0 Å². The summed E-state index contributed by atoms with van der Waals surface area (Å²) in [6, 6.07) is 4.90. The molecule has 0 unspecified atom stereocenters. The lowest BCUT2D eigenvalue weighted by atomic mass is 10.1. The van der Waals surface area contributed by atoms with E-state index in [9.17, 15) is 0 Å². The van der Waals surface area contributed by atoms with E-state index in [1.807, 2.05) is 6.07 Å². The number of thiophene rings is 1. The second-order valence-electron chi connectivity index (χ2n) is 4.71. The molecule has 0 spiro atoms. The van der Waals surface area contributed by atoms with Gasteiger partial charge in [0.15, 0.2) is 0 Å². The van der Waals surface area contributed by atoms with Crippen molar-refractivity contribution < 1.29 is 0 Å². The summed E-state index contributed by atoms with van der Waals surface area (Å²) in [6.45, 7) is 4.61. The molecule has 2 fully saturated rings. The van der Waals surface area contributed by atoms with Crippen LogP contribution < -0.4 is 5.32 Å². The maximum atomic E-state index is 6.06. The van der Waals surface area contributed by atoms with E-state index >= 15 is 0 Å². The number of rotatable bonds is 3. The topological polar surface area (TPSA) is 15.3 Å². The van der Waals surface area contributed by atoms with E-state index < -0.39 is 0 Å². The van der Waals surface area contributed by atoms with Crippen molar-refractivity contribution >= 4 is 47.8 Å². The van der Waals surface area contributed by atoms with Crippen LogP contribution in [0, 0.1) is 5.92 Å². The lowest BCUT2D eigenvalue weighted by Crippen LogP contribution is -2.45. The Kier molecular flexibility index (Phi) is 6.73. The van der Waals surface area contributed by atoms with Crippen LogP contribution in [0.25, 0.3) is 0 Å². The molecule has 3 rings (SSSR count). The van der Waals surface area contributed by atoms with Crippen LogP contribution in [0.2, 0.25) is 4.34 Å². The largest absolute Gasteiger partial charge is 0.314 e. The van der Waals surface area contributed by atoms with Crippen molar-refractivity contribution in [2.24, 2.45) is 5.92 Å². The van der Waals surface area contributed by atoms with Gasteiger partial charge in [-0.25, -0.2) is 0 Å². The molecule has 1 saturated heterocycles. The Hall–Kier alpha value is 0.490. The summed E-state index contributed by atoms with van der Waals surface area (Å²) in [6.07, 6.45) is 2.79. The normalized spacial score (nSPS) is 21.8. The van der Waals surface area contributed by atoms with Crippen LogP contribution in [-0.4, -0.2) is 31.1 Å². The Morgan fingerprint density at radius 3 is 2.39 bits per heavy atom. The highest BCUT2D eigenvalue weighted by Gasteiger charge is 2.37. The SMILES string of the molecule is Cl.Cl.Clc1ccc([C@@H](C2CC2)N2CCNCC2)s1. The lowest BCUT2D eigenvalue weighted by molar-refractivity contribution is 0.159. The van der Waals surface area contributed by atoms with E-state index in [4.69, 9.17) is 11.6 Å². The van der Waals surface area contributed by atoms with Gasteiger partial charge in [-0.3, -0.25) is 4.90 Å². The summed E-state index contributed by atoms with van der Waals surface area (Å²) in [4.78, 5) is 4.10. The summed E-state index contributed by atoms with van der Waals surface area (Å²) in [7, 11) is 0. The highest BCUT2D eigenvalue weighted by Crippen LogP contribution is 2.46. The second-order valence-corrected chi connectivity index (χ2v) is 6.46. The van der Waals surface area contributed by atoms with Crippen molar-refractivity contribution in [2.45, 2.75) is 18.9 Å². The molecule has 0 amide bonds. The van der Waals surface area contributed by atoms with Crippen LogP contribution in [-0.2, 0) is 0 Å². The van der Waals surface area contributed by atoms with Gasteiger partial charge in [-0.05, 0) is 30.9 Å². The van der Waals surface area contributed by atoms with Gasteiger partial charge in [-0.1, -0.05) is 11.6 Å². The van der Waals surface area contributed by atoms with E-state index in [-0.39, 0.29) is 24.8 Å². The zero-order chi connectivity index (χ0) is 11.0. The quantitative estimate of drug-likeness (QED) is 0.911. The summed E-state index contributed by atoms with van der Waals surface area (Å²) >= 11 is 7.82. The second kappa shape index (κ2) is 7.32. The maximum Gasteiger partial charge on any atom is 0.0931 e. The average Bonchev–Trinajstić information content (AvgIpc) is 3.04. The molecular formula is C12H19Cl3N2S. The number of piperazine rings is 1. The monoisotopic (exact) mass is 328 g/mol. The fraction of sp³-hybridized carbons (Fsp3) is 0.667. The summed E-state index contributed by atoms with van der Waals surface area (Å²) in [5.41, 5.74) is 0. The molecule has 1 aliphatic carbocycles. The molecule has 2 nitrogen and oxygen atoms in total. The van der Waals surface area contributed by atoms with Gasteiger partial charge in [0.1, 0.15) is 0 Å². The first kappa shape index (κ1) is 16.5. The first-order valence-electron chi connectivity index (χ1n) is 6.04. The molecule has 1 aromatic rings. The number of nitrogens with zero attached hydrogens (tertiary/aromatic N) is 1. The Morgan fingerprint density at radius 2 is 1.89 bits per heavy atom. The van der Waals surface area contributed by atoms with Crippen LogP contribution in [0.4, 0.5) is 0 Å². The van der Waals surface area contributed by atoms with E-state index in [1.54, 1.807) is 11.3 Å². The van der Waals surface area contributed by atoms with Crippen molar-refractivity contribution in [1.82, 2.24) is 10.2 Å². The molecule has 18 heavy (non-hydrogen) atoms. The molecule has 0 bridgehead atoms. The number of nitrogens with one attached hydrogen (secondary N) is 1. The van der Waals surface area contributed by atoms with Crippen molar-refractivity contribution in [2.75, 3.05) is 26.2 Å². The standard InChI is InChI=1S/C12H17ClN2S.2ClH/c13-11-4-3-10(16-11)12(9-1-2-9)15-7-5-14-6-8-15;;/h3-4,9,12,14H,1-2,5-8H2;2*1H/t12-;;/m1../s1. The molecule has 2 aliphatic rings. The van der Waals surface area contributed by atoms with Crippen LogP contribution >= 0.6 is 47.8 Å². The Bertz CT molecular complexity index is 362. The van der Waals surface area contributed by atoms with Gasteiger partial charge >= 0.3 is 0 Å². The highest BCUT2D eigenvalue weighted by molar-refractivity contribution is 7.16. The molecule has 1 N–H and O–H groups in total. The number of hydrogen-bond acceptors (Lipinski definition) is 3. The van der Waals surface area contributed by atoms with Crippen LogP contribution in [0.15, 0.2) is 12.1 Å². The Balaban J connectivity index is 0.000000810. The molecule has 1 aliphatic heterocycles. The van der Waals surface area contributed by atoms with E-state index in [2.05, 4.69) is 16.3 Å². The number of halogens is 3. The van der Waals surface area contributed by atoms with Gasteiger partial charge in [-0.15, -0.1) is 36.2 Å². The third kappa shape index (κ3) is 3.75. The van der Waals surface area contributed by atoms with Crippen LogP contribution in [0.3, 0.4) is 0 Å². The van der Waals surface area contributed by atoms with E-state index in [1.165, 1.54) is 30.8 Å². The van der Waals surface area contributed by atoms with Crippen LogP contribution in [0.5, 0.6) is 0 Å². The maximum absolute atomic E-state index is 6.06. The molecule has 104 valence electrons. The van der Waals surface area contributed by atoms with Gasteiger partial charge < -0.3 is 5.32 Å². The molecule has 6 heteroatoms. The van der Waals surface area contributed by atoms with Gasteiger partial charge in [0.05, 0.1) is 4.34 Å². The molecule has 0 aromatic carbocycles. The van der Waals surface area contributed by atoms with Crippen molar-refractivity contribution in [3.8, 4) is 0 Å². The highest BCUT2D eigenvalue weighted by atomic mass is 35.5. The average molecular weight is 330 g/mol. The molecule has 1 saturated carbocycles. The fourth-order valence-electron chi connectivity index (χ4n) is 2.57. The van der Waals surface area contributed by atoms with Gasteiger partial charge in [0.25, 0.3) is 0 Å². The lowest BCUT2D eigenvalue weighted by Gasteiger charge is -2.34. The third-order valence-electron chi connectivity index (χ3n) is 3.50. The minimum Gasteiger partial charge on any atom is -0.314 e. The first-order chi connectivity index (χ1) is 7.84. The fourth-order valence-corrected chi connectivity index (χ4v) is 3.86. The minimum absolute atomic E-state index is 0. The predicted molar refractivity (Wildman–Crippen MR) is 83.7 cm³/mol. The number of hydrogen-bond donors (Lipinski definition) is 1. The van der Waals surface area contributed by atoms with Crippen molar-refractivity contribution in [3.05, 3.63) is 21.3 Å². The summed E-state index contributed by atoms with van der Waals surface area (Å²) < 4.78 is 0.927. The Morgan fingerprint density at radius 1 is 1.22 bits per heavy atom. The molecule has 1 aromatic heterocycles. The van der Waals surface area contributed by atoms with Crippen LogP contribution in [0.1, 0.15) is 23.8 Å². The zero-order valence-electron chi connectivity index (χ0n) is 10.1. The summed E-state index contributed by atoms with van der Waals surface area (Å²) in [5.74, 6) is 0.882. The summed E-state index contributed by atoms with van der Waals surface area (Å²) in [5, 5.41) is 3.42. The predicted octanol–water partition coefficient (Wildman–Crippen LogP) is 3.60. The van der Waals surface area contributed by atoms with Gasteiger partial charge in [-0.2, -0.15) is 0 Å². The minimum atomic E-state index is 0. The van der Waals surface area contributed by atoms with Crippen molar-refractivity contribution in [3.63, 3.8) is 0 Å². The Labute approximate surface area is 130 Å². The molecule has 2 heterocycles. The van der Waals surface area contributed by atoms with Gasteiger partial charge in [0, 0.05) is 37.1 Å². The third-order valence-corrected chi connectivity index (χ3v) is 4.80. The molecular weight excluding hydrogens is 311 g/mol. The first-order valence-corrected chi connectivity index (χ1v) is 7.24.